The van der Waals surface area contributed by atoms with Gasteiger partial charge < -0.3 is 9.42 Å². The molecule has 3 heterocycles. The van der Waals surface area contributed by atoms with Crippen molar-refractivity contribution in [2.75, 3.05) is 31.1 Å². The third kappa shape index (κ3) is 3.53. The number of aryl methyl sites for hydroxylation is 1. The summed E-state index contributed by atoms with van der Waals surface area (Å²) in [6.45, 7) is 6.67. The van der Waals surface area contributed by atoms with Crippen molar-refractivity contribution in [1.29, 1.82) is 0 Å². The van der Waals surface area contributed by atoms with E-state index in [-0.39, 0.29) is 0 Å². The summed E-state index contributed by atoms with van der Waals surface area (Å²) in [5.41, 5.74) is 3.37. The van der Waals surface area contributed by atoms with Gasteiger partial charge in [0.25, 0.3) is 0 Å². The lowest BCUT2D eigenvalue weighted by Crippen LogP contribution is -2.46. The highest BCUT2D eigenvalue weighted by atomic mass is 16.5. The summed E-state index contributed by atoms with van der Waals surface area (Å²) in [4.78, 5) is 13.6. The molecule has 1 aromatic carbocycles. The number of hydrogen-bond acceptors (Lipinski definition) is 6. The molecule has 2 aromatic heterocycles. The molecule has 0 amide bonds. The normalized spacial score (nSPS) is 15.5. The van der Waals surface area contributed by atoms with Crippen LogP contribution in [0.1, 0.15) is 11.3 Å². The van der Waals surface area contributed by atoms with E-state index in [1.54, 1.807) is 0 Å². The van der Waals surface area contributed by atoms with Gasteiger partial charge in [-0.2, -0.15) is 4.98 Å². The van der Waals surface area contributed by atoms with E-state index in [2.05, 4.69) is 37.9 Å². The van der Waals surface area contributed by atoms with Crippen molar-refractivity contribution < 1.29 is 4.52 Å². The van der Waals surface area contributed by atoms with E-state index < -0.39 is 0 Å². The molecule has 3 aromatic rings. The summed E-state index contributed by atoms with van der Waals surface area (Å²) in [6, 6.07) is 14.6. The number of hydrogen-bond donors (Lipinski definition) is 0. The van der Waals surface area contributed by atoms with E-state index in [0.717, 1.165) is 44.0 Å². The number of piperazine rings is 1. The van der Waals surface area contributed by atoms with Gasteiger partial charge in [-0.15, -0.1) is 0 Å². The fraction of sp³-hybridized carbons (Fsp3) is 0.316. The van der Waals surface area contributed by atoms with Gasteiger partial charge in [0.05, 0.1) is 5.69 Å². The van der Waals surface area contributed by atoms with Gasteiger partial charge in [0.15, 0.2) is 0 Å². The highest BCUT2D eigenvalue weighted by molar-refractivity contribution is 5.55. The first kappa shape index (κ1) is 15.8. The molecule has 0 aliphatic carbocycles. The molecule has 1 fully saturated rings. The van der Waals surface area contributed by atoms with Gasteiger partial charge in [-0.05, 0) is 18.6 Å². The lowest BCUT2D eigenvalue weighted by atomic mass is 10.2. The number of pyridine rings is 1. The fourth-order valence-electron chi connectivity index (χ4n) is 3.04. The van der Waals surface area contributed by atoms with Gasteiger partial charge in [-0.1, -0.05) is 41.6 Å². The zero-order valence-corrected chi connectivity index (χ0v) is 14.3. The molecule has 0 N–H and O–H groups in total. The fourth-order valence-corrected chi connectivity index (χ4v) is 3.04. The zero-order valence-electron chi connectivity index (χ0n) is 14.3. The molecule has 128 valence electrons. The Labute approximate surface area is 147 Å². The maximum absolute atomic E-state index is 5.47. The molecule has 1 saturated heterocycles. The Kier molecular flexibility index (Phi) is 4.43. The monoisotopic (exact) mass is 335 g/mol. The van der Waals surface area contributed by atoms with Gasteiger partial charge in [0.2, 0.25) is 5.82 Å². The molecule has 0 unspecified atom stereocenters. The summed E-state index contributed by atoms with van der Waals surface area (Å²) in [5.74, 6) is 0.641. The van der Waals surface area contributed by atoms with Crippen molar-refractivity contribution in [2.24, 2.45) is 0 Å². The van der Waals surface area contributed by atoms with Gasteiger partial charge in [0.1, 0.15) is 0 Å². The minimum Gasteiger partial charge on any atom is -0.322 e. The molecular formula is C19H21N5O. The first-order valence-electron chi connectivity index (χ1n) is 8.56. The van der Waals surface area contributed by atoms with Crippen molar-refractivity contribution in [3.63, 3.8) is 0 Å². The van der Waals surface area contributed by atoms with Gasteiger partial charge >= 0.3 is 6.01 Å². The quantitative estimate of drug-likeness (QED) is 0.731. The van der Waals surface area contributed by atoms with Crippen LogP contribution < -0.4 is 4.90 Å². The van der Waals surface area contributed by atoms with Crippen LogP contribution in [0.3, 0.4) is 0 Å². The van der Waals surface area contributed by atoms with E-state index >= 15 is 0 Å². The molecule has 0 saturated carbocycles. The zero-order chi connectivity index (χ0) is 17.1. The smallest absolute Gasteiger partial charge is 0.322 e. The molecule has 0 atom stereocenters. The van der Waals surface area contributed by atoms with Crippen LogP contribution in [-0.2, 0) is 6.54 Å². The summed E-state index contributed by atoms with van der Waals surface area (Å²) < 4.78 is 5.47. The summed E-state index contributed by atoms with van der Waals surface area (Å²) in [7, 11) is 0. The second-order valence-electron chi connectivity index (χ2n) is 6.30. The van der Waals surface area contributed by atoms with Crippen molar-refractivity contribution in [3.05, 3.63) is 59.9 Å². The highest BCUT2D eigenvalue weighted by Gasteiger charge is 2.22. The molecule has 0 bridgehead atoms. The molecule has 25 heavy (non-hydrogen) atoms. The van der Waals surface area contributed by atoms with Gasteiger partial charge in [-0.25, -0.2) is 0 Å². The maximum Gasteiger partial charge on any atom is 0.324 e. The predicted octanol–water partition coefficient (Wildman–Crippen LogP) is 2.76. The number of aromatic nitrogens is 3. The molecule has 6 nitrogen and oxygen atoms in total. The van der Waals surface area contributed by atoms with Crippen molar-refractivity contribution >= 4 is 6.01 Å². The number of anilines is 1. The molecule has 1 aliphatic rings. The Balaban J connectivity index is 1.38. The van der Waals surface area contributed by atoms with E-state index in [0.29, 0.717) is 11.8 Å². The lowest BCUT2D eigenvalue weighted by Gasteiger charge is -2.33. The molecule has 1 aliphatic heterocycles. The second kappa shape index (κ2) is 7.03. The summed E-state index contributed by atoms with van der Waals surface area (Å²) in [6.07, 6.45) is 1.86. The Morgan fingerprint density at radius 1 is 1.00 bits per heavy atom. The van der Waals surface area contributed by atoms with Crippen molar-refractivity contribution in [3.8, 4) is 11.4 Å². The number of rotatable bonds is 4. The van der Waals surface area contributed by atoms with Crippen LogP contribution in [0.15, 0.2) is 53.2 Å². The largest absolute Gasteiger partial charge is 0.324 e. The second-order valence-corrected chi connectivity index (χ2v) is 6.30. The Hall–Kier alpha value is -2.73. The van der Waals surface area contributed by atoms with Crippen LogP contribution in [0.4, 0.5) is 6.01 Å². The first-order chi connectivity index (χ1) is 12.3. The average Bonchev–Trinajstić information content (AvgIpc) is 3.15. The van der Waals surface area contributed by atoms with Crippen LogP contribution in [0.2, 0.25) is 0 Å². The standard InChI is InChI=1S/C19H21N5O/c1-15-6-5-9-20-17(15)14-23-10-12-24(13-11-23)19-21-18(22-25-19)16-7-3-2-4-8-16/h2-9H,10-14H2,1H3. The van der Waals surface area contributed by atoms with E-state index in [4.69, 9.17) is 4.52 Å². The molecule has 6 heteroatoms. The van der Waals surface area contributed by atoms with E-state index in [9.17, 15) is 0 Å². The summed E-state index contributed by atoms with van der Waals surface area (Å²) in [5, 5.41) is 4.11. The highest BCUT2D eigenvalue weighted by Crippen LogP contribution is 2.21. The van der Waals surface area contributed by atoms with Gasteiger partial charge in [0, 0.05) is 44.5 Å². The van der Waals surface area contributed by atoms with Crippen molar-refractivity contribution in [1.82, 2.24) is 20.0 Å². The Morgan fingerprint density at radius 3 is 2.56 bits per heavy atom. The van der Waals surface area contributed by atoms with E-state index in [1.165, 1.54) is 5.56 Å². The Morgan fingerprint density at radius 2 is 1.80 bits per heavy atom. The van der Waals surface area contributed by atoms with Gasteiger partial charge in [-0.3, -0.25) is 9.88 Å². The topological polar surface area (TPSA) is 58.3 Å². The Bertz CT molecular complexity index is 825. The van der Waals surface area contributed by atoms with E-state index in [1.807, 2.05) is 42.6 Å². The molecule has 0 radical (unpaired) electrons. The van der Waals surface area contributed by atoms with Crippen molar-refractivity contribution in [2.45, 2.75) is 13.5 Å². The first-order valence-corrected chi connectivity index (χ1v) is 8.56. The van der Waals surface area contributed by atoms with Crippen LogP contribution in [0.25, 0.3) is 11.4 Å². The van der Waals surface area contributed by atoms with Crippen LogP contribution >= 0.6 is 0 Å². The predicted molar refractivity (Wildman–Crippen MR) is 96.2 cm³/mol. The molecular weight excluding hydrogens is 314 g/mol. The maximum atomic E-state index is 5.47. The summed E-state index contributed by atoms with van der Waals surface area (Å²) >= 11 is 0. The molecule has 4 rings (SSSR count). The lowest BCUT2D eigenvalue weighted by molar-refractivity contribution is 0.239. The minimum atomic E-state index is 0.604. The van der Waals surface area contributed by atoms with Crippen LogP contribution in [-0.4, -0.2) is 46.2 Å². The number of benzene rings is 1. The average molecular weight is 335 g/mol. The number of nitrogens with zero attached hydrogens (tertiary/aromatic N) is 5. The minimum absolute atomic E-state index is 0.604. The molecule has 0 spiro atoms. The third-order valence-electron chi connectivity index (χ3n) is 4.58. The van der Waals surface area contributed by atoms with Crippen LogP contribution in [0.5, 0.6) is 0 Å². The SMILES string of the molecule is Cc1cccnc1CN1CCN(c2nc(-c3ccccc3)no2)CC1. The van der Waals surface area contributed by atoms with Crippen LogP contribution in [0, 0.1) is 6.92 Å². The third-order valence-corrected chi connectivity index (χ3v) is 4.58.